The molecular weight excluding hydrogens is 410 g/mol. The van der Waals surface area contributed by atoms with E-state index in [0.29, 0.717) is 36.4 Å². The fourth-order valence-corrected chi connectivity index (χ4v) is 4.43. The third-order valence-corrected chi connectivity index (χ3v) is 6.12. The topological polar surface area (TPSA) is 88.2 Å². The molecular formula is C24H27N3O5. The second-order valence-electron chi connectivity index (χ2n) is 8.26. The highest BCUT2D eigenvalue weighted by Gasteiger charge is 2.53. The van der Waals surface area contributed by atoms with Crippen LogP contribution in [0.2, 0.25) is 0 Å². The number of imide groups is 1. The van der Waals surface area contributed by atoms with Crippen LogP contribution in [-0.4, -0.2) is 60.5 Å². The minimum atomic E-state index is -1.11. The van der Waals surface area contributed by atoms with Gasteiger partial charge in [0.2, 0.25) is 0 Å². The molecule has 2 heterocycles. The Morgan fingerprint density at radius 1 is 1.09 bits per heavy atom. The van der Waals surface area contributed by atoms with Gasteiger partial charge in [-0.2, -0.15) is 0 Å². The lowest BCUT2D eigenvalue weighted by atomic mass is 9.88. The summed E-state index contributed by atoms with van der Waals surface area (Å²) in [6, 6.07) is 12.4. The number of hydrogen-bond acceptors (Lipinski definition) is 5. The van der Waals surface area contributed by atoms with Crippen molar-refractivity contribution in [2.75, 3.05) is 27.3 Å². The van der Waals surface area contributed by atoms with Crippen molar-refractivity contribution >= 4 is 17.8 Å². The molecule has 0 bridgehead atoms. The summed E-state index contributed by atoms with van der Waals surface area (Å²) < 4.78 is 10.7. The van der Waals surface area contributed by atoms with Gasteiger partial charge >= 0.3 is 6.03 Å². The molecule has 1 spiro atoms. The summed E-state index contributed by atoms with van der Waals surface area (Å²) in [5.41, 5.74) is 1.23. The highest BCUT2D eigenvalue weighted by atomic mass is 16.5. The van der Waals surface area contributed by atoms with Crippen molar-refractivity contribution < 1.29 is 23.9 Å². The Bertz CT molecular complexity index is 1050. The normalized spacial score (nSPS) is 20.5. The van der Waals surface area contributed by atoms with Crippen molar-refractivity contribution in [2.24, 2.45) is 0 Å². The molecule has 2 aromatic rings. The molecule has 0 unspecified atom stereocenters. The lowest BCUT2D eigenvalue weighted by molar-refractivity contribution is -0.133. The predicted molar refractivity (Wildman–Crippen MR) is 118 cm³/mol. The first kappa shape index (κ1) is 21.7. The lowest BCUT2D eigenvalue weighted by Gasteiger charge is -2.38. The van der Waals surface area contributed by atoms with Crippen LogP contribution in [0.1, 0.15) is 34.3 Å². The second kappa shape index (κ2) is 8.53. The van der Waals surface area contributed by atoms with E-state index in [1.165, 1.54) is 19.1 Å². The molecule has 1 atom stereocenters. The first-order chi connectivity index (χ1) is 15.4. The quantitative estimate of drug-likeness (QED) is 0.727. The van der Waals surface area contributed by atoms with Gasteiger partial charge < -0.3 is 19.7 Å². The van der Waals surface area contributed by atoms with Crippen molar-refractivity contribution in [1.82, 2.24) is 15.1 Å². The first-order valence-electron chi connectivity index (χ1n) is 10.6. The molecule has 8 nitrogen and oxygen atoms in total. The Morgan fingerprint density at radius 3 is 2.53 bits per heavy atom. The van der Waals surface area contributed by atoms with E-state index in [1.807, 2.05) is 31.2 Å². The highest BCUT2D eigenvalue weighted by molar-refractivity contribution is 6.08. The number of aryl methyl sites for hydroxylation is 1. The number of ether oxygens (including phenoxy) is 2. The average molecular weight is 437 g/mol. The summed E-state index contributed by atoms with van der Waals surface area (Å²) in [7, 11) is 2.99. The van der Waals surface area contributed by atoms with Gasteiger partial charge in [0, 0.05) is 6.54 Å². The van der Waals surface area contributed by atoms with Gasteiger partial charge in [-0.3, -0.25) is 14.5 Å². The monoisotopic (exact) mass is 437 g/mol. The van der Waals surface area contributed by atoms with E-state index in [0.717, 1.165) is 11.1 Å². The minimum Gasteiger partial charge on any atom is -0.493 e. The van der Waals surface area contributed by atoms with Crippen molar-refractivity contribution in [3.63, 3.8) is 0 Å². The van der Waals surface area contributed by atoms with Crippen LogP contribution in [0.15, 0.2) is 42.5 Å². The summed E-state index contributed by atoms with van der Waals surface area (Å²) in [6.07, 6.45) is 1.09. The summed E-state index contributed by atoms with van der Waals surface area (Å²) in [4.78, 5) is 42.2. The van der Waals surface area contributed by atoms with Crippen LogP contribution in [0.3, 0.4) is 0 Å². The van der Waals surface area contributed by atoms with Crippen molar-refractivity contribution in [3.05, 3.63) is 59.2 Å². The van der Waals surface area contributed by atoms with Gasteiger partial charge in [-0.15, -0.1) is 0 Å². The number of hydrogen-bond donors (Lipinski definition) is 1. The Hall–Kier alpha value is -3.55. The van der Waals surface area contributed by atoms with Crippen LogP contribution in [0.4, 0.5) is 4.79 Å². The zero-order chi connectivity index (χ0) is 22.9. The standard InChI is InChI=1S/C24H27N3O5/c1-16-8-10-17(11-9-16)14-27-22(29)24(25-23(27)30)12-5-13-26(15-24)21(28)18-6-4-7-19(31-2)20(18)32-3/h4,6-11H,5,12-15H2,1-3H3,(H,25,30)/t24-/m0/s1. The molecule has 2 aliphatic rings. The molecule has 32 heavy (non-hydrogen) atoms. The number of carbonyl (C=O) groups excluding carboxylic acids is 3. The smallest absolute Gasteiger partial charge is 0.325 e. The number of carbonyl (C=O) groups is 3. The molecule has 0 saturated carbocycles. The van der Waals surface area contributed by atoms with Crippen LogP contribution in [0.25, 0.3) is 0 Å². The van der Waals surface area contributed by atoms with Crippen LogP contribution < -0.4 is 14.8 Å². The molecule has 4 amide bonds. The molecule has 0 aromatic heterocycles. The molecule has 2 aromatic carbocycles. The van der Waals surface area contributed by atoms with E-state index in [2.05, 4.69) is 5.32 Å². The molecule has 8 heteroatoms. The van der Waals surface area contributed by atoms with Crippen molar-refractivity contribution in [2.45, 2.75) is 31.8 Å². The van der Waals surface area contributed by atoms with Gasteiger partial charge in [0.25, 0.3) is 11.8 Å². The molecule has 168 valence electrons. The molecule has 0 radical (unpaired) electrons. The zero-order valence-electron chi connectivity index (χ0n) is 18.5. The van der Waals surface area contributed by atoms with Crippen LogP contribution in [-0.2, 0) is 11.3 Å². The van der Waals surface area contributed by atoms with Gasteiger partial charge in [-0.1, -0.05) is 35.9 Å². The zero-order valence-corrected chi connectivity index (χ0v) is 18.5. The Kier molecular flexibility index (Phi) is 5.78. The van der Waals surface area contributed by atoms with Gasteiger partial charge in [0.05, 0.1) is 32.9 Å². The highest BCUT2D eigenvalue weighted by Crippen LogP contribution is 2.34. The number of piperidine rings is 1. The van der Waals surface area contributed by atoms with Crippen LogP contribution in [0.5, 0.6) is 11.5 Å². The van der Waals surface area contributed by atoms with E-state index < -0.39 is 11.6 Å². The largest absolute Gasteiger partial charge is 0.493 e. The maximum Gasteiger partial charge on any atom is 0.325 e. The third-order valence-electron chi connectivity index (χ3n) is 6.12. The van der Waals surface area contributed by atoms with E-state index >= 15 is 0 Å². The molecule has 0 aliphatic carbocycles. The predicted octanol–water partition coefficient (Wildman–Crippen LogP) is 2.74. The van der Waals surface area contributed by atoms with E-state index in [-0.39, 0.29) is 24.9 Å². The van der Waals surface area contributed by atoms with Gasteiger partial charge in [0.1, 0.15) is 5.54 Å². The number of methoxy groups -OCH3 is 2. The van der Waals surface area contributed by atoms with Gasteiger partial charge in [0.15, 0.2) is 11.5 Å². The number of para-hydroxylation sites is 1. The molecule has 2 aliphatic heterocycles. The second-order valence-corrected chi connectivity index (χ2v) is 8.26. The van der Waals surface area contributed by atoms with E-state index in [4.69, 9.17) is 9.47 Å². The number of likely N-dealkylation sites (tertiary alicyclic amines) is 1. The number of amides is 4. The maximum absolute atomic E-state index is 13.4. The average Bonchev–Trinajstić information content (AvgIpc) is 3.02. The van der Waals surface area contributed by atoms with Crippen molar-refractivity contribution in [1.29, 1.82) is 0 Å². The summed E-state index contributed by atoms with van der Waals surface area (Å²) in [6.45, 7) is 2.78. The minimum absolute atomic E-state index is 0.112. The fraction of sp³-hybridized carbons (Fsp3) is 0.375. The van der Waals surface area contributed by atoms with Crippen molar-refractivity contribution in [3.8, 4) is 11.5 Å². The summed E-state index contributed by atoms with van der Waals surface area (Å²) in [5, 5.41) is 2.88. The first-order valence-corrected chi connectivity index (χ1v) is 10.6. The number of nitrogens with zero attached hydrogens (tertiary/aromatic N) is 2. The lowest BCUT2D eigenvalue weighted by Crippen LogP contribution is -2.59. The summed E-state index contributed by atoms with van der Waals surface area (Å²) in [5.74, 6) is 0.249. The molecule has 1 N–H and O–H groups in total. The van der Waals surface area contributed by atoms with Crippen LogP contribution in [0, 0.1) is 6.92 Å². The third kappa shape index (κ3) is 3.77. The number of nitrogens with one attached hydrogen (secondary N) is 1. The molecule has 2 fully saturated rings. The molecule has 4 rings (SSSR count). The fourth-order valence-electron chi connectivity index (χ4n) is 4.43. The van der Waals surface area contributed by atoms with E-state index in [1.54, 1.807) is 23.1 Å². The Labute approximate surface area is 187 Å². The maximum atomic E-state index is 13.4. The number of benzene rings is 2. The van der Waals surface area contributed by atoms with E-state index in [9.17, 15) is 14.4 Å². The van der Waals surface area contributed by atoms with Gasteiger partial charge in [-0.05, 0) is 37.5 Å². The summed E-state index contributed by atoms with van der Waals surface area (Å²) >= 11 is 0. The number of urea groups is 1. The number of rotatable bonds is 5. The SMILES string of the molecule is COc1cccc(C(=O)N2CCC[C@@]3(C2)NC(=O)N(Cc2ccc(C)cc2)C3=O)c1OC. The Balaban J connectivity index is 1.56. The molecule has 2 saturated heterocycles. The van der Waals surface area contributed by atoms with Crippen LogP contribution >= 0.6 is 0 Å². The van der Waals surface area contributed by atoms with Gasteiger partial charge in [-0.25, -0.2) is 4.79 Å². The Morgan fingerprint density at radius 2 is 1.84 bits per heavy atom.